The van der Waals surface area contributed by atoms with E-state index in [9.17, 15) is 97.9 Å². The van der Waals surface area contributed by atoms with E-state index in [1.54, 1.807) is 31.0 Å². The molecule has 128 heavy (non-hydrogen) atoms. The predicted octanol–water partition coefficient (Wildman–Crippen LogP) is 21.9. The van der Waals surface area contributed by atoms with Crippen molar-refractivity contribution < 1.29 is 115 Å². The zero-order valence-corrected chi connectivity index (χ0v) is 72.7. The molecule has 0 atom stereocenters. The molecular weight excluding hydrogens is 1910 g/mol. The number of thioether (sulfide) groups is 1. The maximum Gasteiger partial charge on any atom is 0.357 e. The summed E-state index contributed by atoms with van der Waals surface area (Å²) in [4.78, 5) is 60.0. The summed E-state index contributed by atoms with van der Waals surface area (Å²) in [5.41, 5.74) is 1.16. The molecule has 15 rings (SSSR count). The lowest BCUT2D eigenvalue weighted by Gasteiger charge is -2.20. The molecule has 3 aromatic heterocycles. The molecule has 0 saturated carbocycles. The number of urea groups is 1. The Bertz CT molecular complexity index is 7340. The van der Waals surface area contributed by atoms with Crippen LogP contribution in [0, 0.1) is 108 Å². The Morgan fingerprint density at radius 1 is 0.430 bits per heavy atom. The van der Waals surface area contributed by atoms with Gasteiger partial charge in [0, 0.05) is 109 Å². The van der Waals surface area contributed by atoms with Crippen LogP contribution in [0.4, 0.5) is 70.7 Å². The molecule has 0 radical (unpaired) electrons. The first-order chi connectivity index (χ1) is 60.3. The Balaban J connectivity index is 0.000000166. The van der Waals surface area contributed by atoms with Crippen LogP contribution in [-0.2, 0) is 30.8 Å². The Kier molecular flexibility index (Phi) is 27.7. The van der Waals surface area contributed by atoms with Crippen molar-refractivity contribution in [3.8, 4) is 68.1 Å². The summed E-state index contributed by atoms with van der Waals surface area (Å²) < 4.78 is 293. The van der Waals surface area contributed by atoms with Gasteiger partial charge in [0.1, 0.15) is 66.7 Å². The highest BCUT2D eigenvalue weighted by Gasteiger charge is 2.51. The number of hydrogen-bond acceptors (Lipinski definition) is 15. The first-order valence-electron chi connectivity index (χ1n) is 36.4. The molecule has 1 saturated heterocycles. The highest BCUT2D eigenvalue weighted by atomic mass is 79.9. The number of nitrogens with zero attached hydrogens (tertiary/aromatic N) is 5. The zero-order chi connectivity index (χ0) is 93.7. The maximum absolute atomic E-state index is 15.4. The van der Waals surface area contributed by atoms with Gasteiger partial charge in [-0.2, -0.15) is 38.8 Å². The molecule has 41 heteroatoms. The number of aryl methyl sites for hydroxylation is 2. The monoisotopic (exact) mass is 1960 g/mol. The van der Waals surface area contributed by atoms with Crippen LogP contribution in [0.25, 0.3) is 72.0 Å². The van der Waals surface area contributed by atoms with Crippen LogP contribution in [0.1, 0.15) is 36.5 Å². The van der Waals surface area contributed by atoms with Crippen LogP contribution in [-0.4, -0.2) is 78.2 Å². The number of halogens is 19. The number of rotatable bonds is 17. The van der Waals surface area contributed by atoms with Crippen LogP contribution in [0.15, 0.2) is 216 Å². The van der Waals surface area contributed by atoms with Crippen LogP contribution < -0.4 is 38.9 Å². The van der Waals surface area contributed by atoms with E-state index in [1.165, 1.54) is 111 Å². The van der Waals surface area contributed by atoms with E-state index in [1.807, 2.05) is 47.9 Å². The Morgan fingerprint density at radius 2 is 0.820 bits per heavy atom. The Morgan fingerprint density at radius 3 is 1.23 bits per heavy atom. The number of ether oxygens (including phenoxy) is 3. The molecule has 0 unspecified atom stereocenters. The average Bonchev–Trinajstić information content (AvgIpc) is 0.760. The summed E-state index contributed by atoms with van der Waals surface area (Å²) in [6.07, 6.45) is 0. The van der Waals surface area contributed by atoms with Gasteiger partial charge in [-0.1, -0.05) is 66.2 Å². The van der Waals surface area contributed by atoms with Crippen LogP contribution in [0.3, 0.4) is 0 Å². The second kappa shape index (κ2) is 37.5. The summed E-state index contributed by atoms with van der Waals surface area (Å²) in [7, 11) is -6.49. The Labute approximate surface area is 742 Å². The second-order valence-corrected chi connectivity index (χ2v) is 33.9. The third-order valence-corrected chi connectivity index (χ3v) is 24.9. The zero-order valence-electron chi connectivity index (χ0n) is 66.4. The van der Waals surface area contributed by atoms with Gasteiger partial charge < -0.3 is 36.3 Å². The predicted molar refractivity (Wildman–Crippen MR) is 450 cm³/mol. The summed E-state index contributed by atoms with van der Waals surface area (Å²) in [6.45, 7) is 7.76. The van der Waals surface area contributed by atoms with Gasteiger partial charge in [-0.3, -0.25) is 19.2 Å². The van der Waals surface area contributed by atoms with Gasteiger partial charge in [-0.25, -0.2) is 57.5 Å². The van der Waals surface area contributed by atoms with E-state index in [2.05, 4.69) is 36.4 Å². The lowest BCUT2D eigenvalue weighted by atomic mass is 10.0. The number of carbonyl (C=O) groups excluding carboxylic acids is 2. The van der Waals surface area contributed by atoms with Crippen molar-refractivity contribution in [1.29, 1.82) is 0 Å². The number of benzene rings is 11. The molecule has 3 amide bonds. The van der Waals surface area contributed by atoms with Gasteiger partial charge in [0.2, 0.25) is 75.1 Å². The van der Waals surface area contributed by atoms with E-state index < -0.39 is 168 Å². The minimum Gasteiger partial charge on any atom is -0.495 e. The fourth-order valence-electron chi connectivity index (χ4n) is 13.1. The first-order valence-corrected chi connectivity index (χ1v) is 42.0. The third kappa shape index (κ3) is 18.4. The number of carbonyl (C=O) groups is 2. The lowest BCUT2D eigenvalue weighted by molar-refractivity contribution is -0.127. The van der Waals surface area contributed by atoms with Crippen molar-refractivity contribution in [2.45, 2.75) is 60.6 Å². The highest BCUT2D eigenvalue weighted by molar-refractivity contribution is 9.10. The SMILES string of the molecule is CC1(C)C(=O)N(Cl)C(=O)N1Cl.COc1cc(-c2cccc(F)c2)c(F)cc1-n1c(C)c(Cl)c(=O)c2cc(S(=O)(=O)Oc3c(F)c(F)c(F)c(F)c3F)ccc21.COc1cc(-c2cccc(F)c2)c(F)cc1-n1c(C)cc(=O)c2cc(S(=O)(=O)Oc3c(F)c(F)c(F)c(F)c3F)ccc21.COc1cc(Br)c(F)cc1-n1c(C)cc(=O)c2cc(SCc3ccccc3)ccc21. The largest absolute Gasteiger partial charge is 0.495 e. The molecule has 664 valence electrons. The summed E-state index contributed by atoms with van der Waals surface area (Å²) in [5.74, 6) is -31.3. The molecule has 19 nitrogen and oxygen atoms in total. The summed E-state index contributed by atoms with van der Waals surface area (Å²) in [6, 6.07) is 41.2. The normalized spacial score (nSPS) is 12.5. The summed E-state index contributed by atoms with van der Waals surface area (Å²) >= 11 is 21.9. The topological polar surface area (TPSA) is 221 Å². The van der Waals surface area contributed by atoms with Crippen molar-refractivity contribution >= 4 is 128 Å². The maximum atomic E-state index is 15.4. The third-order valence-electron chi connectivity index (χ3n) is 19.5. The quantitative estimate of drug-likeness (QED) is 0.0157. The van der Waals surface area contributed by atoms with Gasteiger partial charge in [0.05, 0.1) is 59.4 Å². The van der Waals surface area contributed by atoms with E-state index >= 15 is 8.78 Å². The molecular formula is C87H56BrCl3F15N5O14S3. The van der Waals surface area contributed by atoms with Crippen molar-refractivity contribution in [3.63, 3.8) is 0 Å². The van der Waals surface area contributed by atoms with E-state index in [0.717, 1.165) is 75.7 Å². The van der Waals surface area contributed by atoms with Gasteiger partial charge in [-0.05, 0) is 164 Å². The van der Waals surface area contributed by atoms with Crippen LogP contribution in [0.5, 0.6) is 28.7 Å². The van der Waals surface area contributed by atoms with Crippen LogP contribution >= 0.6 is 62.8 Å². The fourth-order valence-corrected chi connectivity index (χ4v) is 16.9. The number of methoxy groups -OCH3 is 3. The molecule has 0 aliphatic carbocycles. The molecule has 0 spiro atoms. The molecule has 0 N–H and O–H groups in total. The fraction of sp³-hybridized carbons (Fsp3) is 0.115. The molecule has 1 fully saturated rings. The number of hydrogen-bond donors (Lipinski definition) is 0. The molecule has 1 aliphatic rings. The van der Waals surface area contributed by atoms with E-state index in [4.69, 9.17) is 49.4 Å². The first kappa shape index (κ1) is 94.7. The van der Waals surface area contributed by atoms with Gasteiger partial charge in [-0.15, -0.1) is 11.8 Å². The van der Waals surface area contributed by atoms with Crippen molar-refractivity contribution in [2.24, 2.45) is 0 Å². The van der Waals surface area contributed by atoms with Gasteiger partial charge >= 0.3 is 26.3 Å². The van der Waals surface area contributed by atoms with E-state index in [-0.39, 0.29) is 78.4 Å². The molecule has 0 bridgehead atoms. The van der Waals surface area contributed by atoms with Crippen molar-refractivity contribution in [3.05, 3.63) is 332 Å². The minimum absolute atomic E-state index is 0.00163. The Hall–Kier alpha value is -12.5. The lowest BCUT2D eigenvalue weighted by Crippen LogP contribution is -2.38. The molecule has 1 aliphatic heterocycles. The van der Waals surface area contributed by atoms with Gasteiger partial charge in [0.25, 0.3) is 5.91 Å². The molecule has 4 heterocycles. The number of amides is 3. The van der Waals surface area contributed by atoms with E-state index in [0.29, 0.717) is 43.0 Å². The highest BCUT2D eigenvalue weighted by Crippen LogP contribution is 2.42. The number of pyridine rings is 3. The van der Waals surface area contributed by atoms with Crippen molar-refractivity contribution in [1.82, 2.24) is 22.5 Å². The number of fused-ring (bicyclic) bond motifs is 3. The number of aromatic nitrogens is 3. The number of imide groups is 1. The standard InChI is InChI=1S/C29H15ClF7NO5S.C29H16F7NO5S.C24H19BrFNO2S.C5H6Cl2N2O2/c1-12-22(30)28(39)17-9-15(44(40,41)43-29-26(36)24(34)23(33)25(35)27(29)37)6-7-19(17)38(12)20-11-18(32)16(10-21(20)42-2)13-4-3-5-14(31)8-13;1-13-8-22(38)18-10-16(43(39,40)42-29-27(35)25(33)24(32)26(34)28(29)36)6-7-20(18)37(13)21-12-19(31)17(11-23(21)41-2)14-4-3-5-15(30)9-14;1-15-10-23(28)18-11-17(30-14-16-6-4-3-5-7-16)8-9-21(18)27(15)22-13-20(26)19(25)12-24(22)29-2;1-5(2)3(10)8(6)4(11)9(5)7/h3-11H,1-2H3;3-12H,1-2H3;3-13H,14H2,1-2H3;1-2H3. The van der Waals surface area contributed by atoms with Crippen LogP contribution in [0.2, 0.25) is 5.02 Å². The van der Waals surface area contributed by atoms with Crippen molar-refractivity contribution in [2.75, 3.05) is 21.3 Å². The second-order valence-electron chi connectivity index (χ2n) is 27.9. The van der Waals surface area contributed by atoms with Gasteiger partial charge in [0.15, 0.2) is 10.9 Å². The summed E-state index contributed by atoms with van der Waals surface area (Å²) in [5, 5.41) is -0.572. The molecule has 14 aromatic rings. The smallest absolute Gasteiger partial charge is 0.357 e. The molecule has 11 aromatic carbocycles. The minimum atomic E-state index is -5.32. The average molecular weight is 1960 g/mol.